The Balaban J connectivity index is 0.000000164. The van der Waals surface area contributed by atoms with E-state index in [0.29, 0.717) is 5.41 Å². The highest BCUT2D eigenvalue weighted by atomic mass is 16.5. The van der Waals surface area contributed by atoms with E-state index in [9.17, 15) is 0 Å². The van der Waals surface area contributed by atoms with Gasteiger partial charge in [-0.1, -0.05) is 372 Å². The lowest BCUT2D eigenvalue weighted by Gasteiger charge is -2.60. The number of hydrogen-bond donors (Lipinski definition) is 0. The van der Waals surface area contributed by atoms with E-state index < -0.39 is 0 Å². The molecule has 0 radical (unpaired) electrons. The third-order valence-corrected chi connectivity index (χ3v) is 34.9. The summed E-state index contributed by atoms with van der Waals surface area (Å²) in [5.41, 5.74) is 13.6. The van der Waals surface area contributed by atoms with E-state index in [2.05, 4.69) is 178 Å². The van der Waals surface area contributed by atoms with Crippen LogP contribution in [-0.2, 0) is 18.9 Å². The summed E-state index contributed by atoms with van der Waals surface area (Å²) in [6.07, 6.45) is 54.5. The number of hydrogen-bond acceptors (Lipinski definition) is 4. The van der Waals surface area contributed by atoms with Gasteiger partial charge in [0.2, 0.25) is 0 Å². The fourth-order valence-electron chi connectivity index (χ4n) is 34.2. The minimum absolute atomic E-state index is 0.702. The molecule has 8 aromatic carbocycles. The number of benzene rings is 8. The molecule has 752 valence electrons. The maximum atomic E-state index is 4.25. The molecule has 24 saturated carbocycles. The average molecular weight is 1850 g/mol. The Morgan fingerprint density at radius 1 is 0.154 bits per heavy atom. The molecule has 24 aliphatic carbocycles. The minimum Gasteiger partial charge on any atom is -0.388 e. The maximum Gasteiger partial charge on any atom is 0.0351 e. The zero-order chi connectivity index (χ0) is 98.6. The zero-order valence-corrected chi connectivity index (χ0v) is 91.4. The number of aryl methyl sites for hydroxylation is 4. The van der Waals surface area contributed by atoms with Crippen molar-refractivity contribution in [3.05, 3.63) is 289 Å². The minimum atomic E-state index is 0.702. The summed E-state index contributed by atoms with van der Waals surface area (Å²) in [5.74, 6) is 15.6. The van der Waals surface area contributed by atoms with Crippen molar-refractivity contribution in [3.63, 3.8) is 0 Å². The van der Waals surface area contributed by atoms with Crippen molar-refractivity contribution < 1.29 is 18.9 Å². The fraction of sp³-hybridized carbons (Fsp3) is 0.636. The van der Waals surface area contributed by atoms with E-state index >= 15 is 0 Å². The highest BCUT2D eigenvalue weighted by Crippen LogP contribution is 2.70. The maximum absolute atomic E-state index is 4.25. The van der Waals surface area contributed by atoms with Crippen LogP contribution in [-0.4, -0.2) is 56.9 Å². The highest BCUT2D eigenvalue weighted by Gasteiger charge is 2.59. The van der Waals surface area contributed by atoms with E-state index in [0.717, 1.165) is 137 Å². The Labute approximate surface area is 837 Å². The topological polar surface area (TPSA) is 36.9 Å². The normalized spacial score (nSPS) is 36.1. The molecule has 0 atom stereocenters. The summed E-state index contributed by atoms with van der Waals surface area (Å²) in [5, 5.41) is 0. The molecule has 8 aromatic rings. The molecule has 136 heavy (non-hydrogen) atoms. The van der Waals surface area contributed by atoms with Gasteiger partial charge in [-0.15, -0.1) is 0 Å². The van der Waals surface area contributed by atoms with Crippen molar-refractivity contribution in [1.29, 1.82) is 0 Å². The largest absolute Gasteiger partial charge is 0.388 e. The average Bonchev–Trinajstić information content (AvgIpc) is 0.765. The summed E-state index contributed by atoms with van der Waals surface area (Å²) in [7, 11) is 13.0. The molecule has 4 heteroatoms. The first kappa shape index (κ1) is 113. The van der Waals surface area contributed by atoms with Gasteiger partial charge in [0.05, 0.1) is 0 Å². The van der Waals surface area contributed by atoms with Crippen molar-refractivity contribution in [2.75, 3.05) is 56.9 Å². The quantitative estimate of drug-likeness (QED) is 0.152. The smallest absolute Gasteiger partial charge is 0.0351 e. The van der Waals surface area contributed by atoms with Gasteiger partial charge in [-0.05, 0) is 395 Å². The van der Waals surface area contributed by atoms with Crippen LogP contribution < -0.4 is 0 Å². The third-order valence-electron chi connectivity index (χ3n) is 34.9. The molecule has 0 aliphatic heterocycles. The fourth-order valence-corrected chi connectivity index (χ4v) is 34.2. The summed E-state index contributed by atoms with van der Waals surface area (Å²) in [4.78, 5) is 0. The standard InChI is InChI=1S/6C12H20.4C7H8.4C6H6.4C2H6O/c5*1-11-4-9-3-10(5-11)7-12(2,6-9)8-11;1-12(2)10-4-8-3-9(6-10)7-11(12)5-8;4*1-7-5-3-2-4-6-7;4*1-2-4-6-5-3-1;4*1-3-2/h5*9-10H,3-8H2,1-2H3;8-11H,3-7H2,1-2H3;4*2-6H,1H3;4*1-6H;4*1-2H3. The van der Waals surface area contributed by atoms with Crippen LogP contribution in [0, 0.1) is 170 Å². The lowest BCUT2D eigenvalue weighted by molar-refractivity contribution is -0.0922. The molecule has 0 saturated heterocycles. The summed E-state index contributed by atoms with van der Waals surface area (Å²) < 4.78 is 17.0. The van der Waals surface area contributed by atoms with Crippen molar-refractivity contribution in [2.24, 2.45) is 142 Å². The molecule has 0 unspecified atom stereocenters. The highest BCUT2D eigenvalue weighted by molar-refractivity contribution is 5.17. The summed E-state index contributed by atoms with van der Waals surface area (Å²) >= 11 is 0. The van der Waals surface area contributed by atoms with Crippen LogP contribution >= 0.6 is 0 Å². The molecule has 0 spiro atoms. The first-order chi connectivity index (χ1) is 64.7. The molecular formula is C132H200O4. The molecule has 0 N–H and O–H groups in total. The molecule has 24 fully saturated rings. The van der Waals surface area contributed by atoms with Gasteiger partial charge in [-0.25, -0.2) is 0 Å². The molecule has 24 bridgehead atoms. The molecule has 0 heterocycles. The van der Waals surface area contributed by atoms with Gasteiger partial charge in [0.1, 0.15) is 0 Å². The Morgan fingerprint density at radius 3 is 0.338 bits per heavy atom. The van der Waals surface area contributed by atoms with Crippen LogP contribution in [0.1, 0.15) is 330 Å². The van der Waals surface area contributed by atoms with Crippen LogP contribution in [0.15, 0.2) is 267 Å². The van der Waals surface area contributed by atoms with Crippen molar-refractivity contribution in [2.45, 2.75) is 336 Å². The van der Waals surface area contributed by atoms with Gasteiger partial charge in [0, 0.05) is 56.9 Å². The monoisotopic (exact) mass is 1850 g/mol. The van der Waals surface area contributed by atoms with Gasteiger partial charge < -0.3 is 18.9 Å². The predicted octanol–water partition coefficient (Wildman–Crippen LogP) is 37.3. The van der Waals surface area contributed by atoms with Gasteiger partial charge in [-0.2, -0.15) is 0 Å². The first-order valence-corrected chi connectivity index (χ1v) is 54.4. The van der Waals surface area contributed by atoms with Gasteiger partial charge in [0.15, 0.2) is 0 Å². The molecule has 4 nitrogen and oxygen atoms in total. The summed E-state index contributed by atoms with van der Waals surface area (Å²) in [6, 6.07) is 89.0. The van der Waals surface area contributed by atoms with Gasteiger partial charge >= 0.3 is 0 Å². The number of ether oxygens (including phenoxy) is 4. The molecule has 0 aromatic heterocycles. The zero-order valence-electron chi connectivity index (χ0n) is 91.4. The van der Waals surface area contributed by atoms with Crippen molar-refractivity contribution in [3.8, 4) is 0 Å². The second-order valence-corrected chi connectivity index (χ2v) is 51.9. The van der Waals surface area contributed by atoms with Gasteiger partial charge in [0.25, 0.3) is 0 Å². The van der Waals surface area contributed by atoms with E-state index in [1.54, 1.807) is 250 Å². The molecule has 0 amide bonds. The van der Waals surface area contributed by atoms with Crippen molar-refractivity contribution in [1.82, 2.24) is 0 Å². The van der Waals surface area contributed by atoms with Crippen LogP contribution in [0.2, 0.25) is 0 Å². The number of rotatable bonds is 0. The Hall–Kier alpha value is -6.40. The van der Waals surface area contributed by atoms with Crippen LogP contribution in [0.5, 0.6) is 0 Å². The molecule has 32 rings (SSSR count). The lowest BCUT2D eigenvalue weighted by atomic mass is 9.45. The molecule has 24 aliphatic rings. The van der Waals surface area contributed by atoms with E-state index in [-0.39, 0.29) is 0 Å². The van der Waals surface area contributed by atoms with E-state index in [4.69, 9.17) is 0 Å². The summed E-state index contributed by atoms with van der Waals surface area (Å²) in [6.45, 7) is 38.8. The van der Waals surface area contributed by atoms with Crippen LogP contribution in [0.3, 0.4) is 0 Å². The SMILES string of the molecule is CC1(C)C2CC3CC(C2)CC1C3.CC12CC3CC(C1)CC(C)(C3)C2.CC12CC3CC(C1)CC(C)(C3)C2.CC12CC3CC(C1)CC(C)(C3)C2.CC12CC3CC(C1)CC(C)(C3)C2.CC12CC3CC(C1)CC(C)(C3)C2.COC.COC.COC.COC.Cc1ccccc1.Cc1ccccc1.Cc1ccccc1.Cc1ccccc1.c1ccccc1.c1ccccc1.c1ccccc1.c1ccccc1. The second-order valence-electron chi connectivity index (χ2n) is 51.9. The second kappa shape index (κ2) is 54.2. The van der Waals surface area contributed by atoms with Gasteiger partial charge in [-0.3, -0.25) is 0 Å². The van der Waals surface area contributed by atoms with Crippen molar-refractivity contribution >= 4 is 0 Å². The number of methoxy groups -OCH3 is 4. The van der Waals surface area contributed by atoms with Crippen LogP contribution in [0.4, 0.5) is 0 Å². The Kier molecular flexibility index (Phi) is 45.1. The van der Waals surface area contributed by atoms with E-state index in [1.165, 1.54) is 54.4 Å². The molecular weight excluding hydrogens is 1650 g/mol. The Bertz CT molecular complexity index is 3560. The Morgan fingerprint density at radius 2 is 0.250 bits per heavy atom. The lowest BCUT2D eigenvalue weighted by Crippen LogP contribution is -2.49. The van der Waals surface area contributed by atoms with Crippen LogP contribution in [0.25, 0.3) is 0 Å². The van der Waals surface area contributed by atoms with E-state index in [1.807, 2.05) is 218 Å². The predicted molar refractivity (Wildman–Crippen MR) is 588 cm³/mol. The first-order valence-electron chi connectivity index (χ1n) is 54.4. The third kappa shape index (κ3) is 38.1.